The van der Waals surface area contributed by atoms with Crippen molar-refractivity contribution in [1.29, 1.82) is 0 Å². The number of nitrogens with one attached hydrogen (secondary N) is 3. The van der Waals surface area contributed by atoms with Gasteiger partial charge in [0.15, 0.2) is 0 Å². The van der Waals surface area contributed by atoms with Gasteiger partial charge in [-0.05, 0) is 43.0 Å². The van der Waals surface area contributed by atoms with E-state index in [4.69, 9.17) is 32.9 Å². The number of fused-ring (bicyclic) bond motifs is 2. The number of carbonyl (C=O) groups excluding carboxylic acids is 1. The van der Waals surface area contributed by atoms with Crippen molar-refractivity contribution in [1.82, 2.24) is 29.7 Å². The highest BCUT2D eigenvalue weighted by atomic mass is 35.5. The molecule has 1 saturated heterocycles. The Kier molecular flexibility index (Phi) is 8.44. The smallest absolute Gasteiger partial charge is 0.330 e. The Morgan fingerprint density at radius 3 is 2.46 bits per heavy atom. The molecule has 48 heavy (non-hydrogen) atoms. The monoisotopic (exact) mass is 685 g/mol. The van der Waals surface area contributed by atoms with Gasteiger partial charge in [-0.25, -0.2) is 14.8 Å². The third-order valence-electron chi connectivity index (χ3n) is 9.25. The topological polar surface area (TPSA) is 132 Å². The predicted octanol–water partition coefficient (Wildman–Crippen LogP) is 5.28. The Morgan fingerprint density at radius 1 is 0.958 bits per heavy atom. The average molecular weight is 687 g/mol. The van der Waals surface area contributed by atoms with Gasteiger partial charge in [-0.2, -0.15) is 0 Å². The molecule has 1 fully saturated rings. The molecule has 0 saturated carbocycles. The molecule has 2 atom stereocenters. The summed E-state index contributed by atoms with van der Waals surface area (Å²) >= 11 is 14.1. The summed E-state index contributed by atoms with van der Waals surface area (Å²) < 4.78 is 8.26. The van der Waals surface area contributed by atoms with E-state index in [0.29, 0.717) is 56.9 Å². The first-order valence-corrected chi connectivity index (χ1v) is 16.4. The van der Waals surface area contributed by atoms with Crippen molar-refractivity contribution in [2.24, 2.45) is 14.1 Å². The van der Waals surface area contributed by atoms with E-state index >= 15 is 0 Å². The number of hydrogen-bond acceptors (Lipinski definition) is 8. The van der Waals surface area contributed by atoms with Crippen LogP contribution in [0.1, 0.15) is 36.4 Å². The Labute approximate surface area is 285 Å². The van der Waals surface area contributed by atoms with E-state index in [1.165, 1.54) is 17.8 Å². The molecule has 2 aliphatic rings. The summed E-state index contributed by atoms with van der Waals surface area (Å²) in [5, 5.41) is 11.0. The maximum atomic E-state index is 13.1. The summed E-state index contributed by atoms with van der Waals surface area (Å²) in [6, 6.07) is 15.1. The molecule has 3 N–H and O–H groups in total. The number of nitrogens with zero attached hydrogens (tertiary/aromatic N) is 4. The van der Waals surface area contributed by atoms with Crippen LogP contribution in [0.2, 0.25) is 10.0 Å². The Bertz CT molecular complexity index is 2230. The standard InChI is InChI=1S/C35H33Cl2N7O4/c1-43-26-14-15-38-32(29(26)34(46)44(2)35(43)47)41-24-9-5-7-21(31(24)37)20-6-4-8-22(30(20)36)25-16-18-10-12-23(28(18)33(42-25)48-3)39-17-19-11-13-27(45)40-19/h4-9,14-16,19,23,39H,10-13,17H2,1-3H3,(H,38,41)(H,40,45). The van der Waals surface area contributed by atoms with Gasteiger partial charge in [0.2, 0.25) is 11.8 Å². The van der Waals surface area contributed by atoms with Crippen LogP contribution in [0.15, 0.2) is 64.3 Å². The maximum Gasteiger partial charge on any atom is 0.330 e. The van der Waals surface area contributed by atoms with Crippen molar-refractivity contribution in [3.05, 3.63) is 96.7 Å². The molecular formula is C35H33Cl2N7O4. The number of pyridine rings is 2. The summed E-state index contributed by atoms with van der Waals surface area (Å²) in [4.78, 5) is 46.6. The van der Waals surface area contributed by atoms with Gasteiger partial charge in [0.1, 0.15) is 11.2 Å². The lowest BCUT2D eigenvalue weighted by atomic mass is 9.99. The molecule has 246 valence electrons. The van der Waals surface area contributed by atoms with E-state index in [0.717, 1.165) is 40.5 Å². The van der Waals surface area contributed by atoms with Gasteiger partial charge in [0.05, 0.1) is 34.1 Å². The van der Waals surface area contributed by atoms with Gasteiger partial charge < -0.3 is 20.7 Å². The highest BCUT2D eigenvalue weighted by Gasteiger charge is 2.30. The molecule has 1 aliphatic carbocycles. The molecule has 4 heterocycles. The lowest BCUT2D eigenvalue weighted by Gasteiger charge is -2.20. The Balaban J connectivity index is 1.22. The summed E-state index contributed by atoms with van der Waals surface area (Å²) in [5.41, 5.74) is 5.04. The van der Waals surface area contributed by atoms with Crippen molar-refractivity contribution in [3.8, 4) is 28.3 Å². The summed E-state index contributed by atoms with van der Waals surface area (Å²) in [7, 11) is 4.66. The molecule has 1 amide bonds. The van der Waals surface area contributed by atoms with Gasteiger partial charge in [0.25, 0.3) is 5.56 Å². The number of aryl methyl sites for hydroxylation is 2. The number of halogens is 2. The largest absolute Gasteiger partial charge is 0.481 e. The SMILES string of the molecule is COc1nc(-c2cccc(-c3cccc(Nc4nccc5c4c(=O)n(C)c(=O)n5C)c3Cl)c2Cl)cc2c1C(NCC1CCC(=O)N1)CC2. The van der Waals surface area contributed by atoms with Crippen molar-refractivity contribution in [2.75, 3.05) is 19.0 Å². The van der Waals surface area contributed by atoms with Gasteiger partial charge in [0, 0.05) is 67.6 Å². The second kappa shape index (κ2) is 12.7. The van der Waals surface area contributed by atoms with Crippen LogP contribution >= 0.6 is 23.2 Å². The molecule has 0 spiro atoms. The van der Waals surface area contributed by atoms with Crippen LogP contribution in [-0.4, -0.2) is 44.7 Å². The summed E-state index contributed by atoms with van der Waals surface area (Å²) in [6.07, 6.45) is 4.69. The quantitative estimate of drug-likeness (QED) is 0.201. The molecule has 11 nitrogen and oxygen atoms in total. The first kappa shape index (κ1) is 31.9. The molecule has 2 unspecified atom stereocenters. The van der Waals surface area contributed by atoms with Crippen LogP contribution in [0.5, 0.6) is 5.88 Å². The van der Waals surface area contributed by atoms with Crippen molar-refractivity contribution in [2.45, 2.75) is 37.8 Å². The average Bonchev–Trinajstić information content (AvgIpc) is 3.71. The first-order chi connectivity index (χ1) is 23.2. The number of aromatic nitrogens is 4. The summed E-state index contributed by atoms with van der Waals surface area (Å²) in [6.45, 7) is 0.691. The van der Waals surface area contributed by atoms with Crippen LogP contribution in [0.25, 0.3) is 33.3 Å². The minimum Gasteiger partial charge on any atom is -0.481 e. The molecule has 5 aromatic rings. The fraction of sp³-hybridized carbons (Fsp3) is 0.286. The molecule has 1 aliphatic heterocycles. The number of carbonyl (C=O) groups is 1. The fourth-order valence-electron chi connectivity index (χ4n) is 6.74. The normalized spacial score (nSPS) is 17.1. The van der Waals surface area contributed by atoms with E-state index in [1.54, 1.807) is 26.3 Å². The first-order valence-electron chi connectivity index (χ1n) is 15.7. The lowest BCUT2D eigenvalue weighted by molar-refractivity contribution is -0.119. The Morgan fingerprint density at radius 2 is 1.71 bits per heavy atom. The molecule has 0 radical (unpaired) electrons. The van der Waals surface area contributed by atoms with Crippen molar-refractivity contribution in [3.63, 3.8) is 0 Å². The lowest BCUT2D eigenvalue weighted by Crippen LogP contribution is -2.37. The maximum absolute atomic E-state index is 13.1. The number of ether oxygens (including phenoxy) is 1. The number of hydrogen-bond donors (Lipinski definition) is 3. The molecule has 0 bridgehead atoms. The highest BCUT2D eigenvalue weighted by Crippen LogP contribution is 2.44. The van der Waals surface area contributed by atoms with Crippen LogP contribution in [0.4, 0.5) is 11.5 Å². The third-order valence-corrected chi connectivity index (χ3v) is 10.1. The van der Waals surface area contributed by atoms with Crippen LogP contribution in [0, 0.1) is 0 Å². The van der Waals surface area contributed by atoms with Gasteiger partial charge >= 0.3 is 5.69 Å². The number of benzene rings is 2. The van der Waals surface area contributed by atoms with Crippen molar-refractivity contribution < 1.29 is 9.53 Å². The minimum absolute atomic E-state index is 0.0751. The van der Waals surface area contributed by atoms with E-state index in [1.807, 2.05) is 30.3 Å². The highest BCUT2D eigenvalue weighted by molar-refractivity contribution is 6.39. The zero-order valence-corrected chi connectivity index (χ0v) is 28.1. The van der Waals surface area contributed by atoms with Crippen LogP contribution in [0.3, 0.4) is 0 Å². The number of amides is 1. The van der Waals surface area contributed by atoms with E-state index in [2.05, 4.69) is 27.0 Å². The molecule has 3 aromatic heterocycles. The molecule has 13 heteroatoms. The Hall–Kier alpha value is -4.71. The number of rotatable bonds is 8. The van der Waals surface area contributed by atoms with E-state index in [9.17, 15) is 14.4 Å². The zero-order chi connectivity index (χ0) is 33.7. The third kappa shape index (κ3) is 5.51. The predicted molar refractivity (Wildman–Crippen MR) is 187 cm³/mol. The molecule has 2 aromatic carbocycles. The van der Waals surface area contributed by atoms with E-state index in [-0.39, 0.29) is 29.2 Å². The van der Waals surface area contributed by atoms with Crippen LogP contribution in [-0.2, 0) is 25.3 Å². The van der Waals surface area contributed by atoms with Gasteiger partial charge in [-0.1, -0.05) is 53.5 Å². The van der Waals surface area contributed by atoms with Crippen molar-refractivity contribution >= 4 is 51.5 Å². The number of anilines is 2. The molecule has 7 rings (SSSR count). The van der Waals surface area contributed by atoms with Gasteiger partial charge in [-0.3, -0.25) is 18.7 Å². The minimum atomic E-state index is -0.464. The molecular weight excluding hydrogens is 653 g/mol. The zero-order valence-electron chi connectivity index (χ0n) is 26.6. The second-order valence-corrected chi connectivity index (χ2v) is 12.9. The number of methoxy groups -OCH3 is 1. The van der Waals surface area contributed by atoms with Crippen LogP contribution < -0.4 is 31.9 Å². The van der Waals surface area contributed by atoms with Gasteiger partial charge in [-0.15, -0.1) is 0 Å². The van der Waals surface area contributed by atoms with E-state index < -0.39 is 11.2 Å². The fourth-order valence-corrected chi connectivity index (χ4v) is 7.34. The summed E-state index contributed by atoms with van der Waals surface area (Å²) in [5.74, 6) is 0.923. The second-order valence-electron chi connectivity index (χ2n) is 12.1.